The van der Waals surface area contributed by atoms with E-state index in [0.717, 1.165) is 22.3 Å². The lowest BCUT2D eigenvalue weighted by Crippen LogP contribution is -2.25. The molecule has 1 heterocycles. The first-order valence-corrected chi connectivity index (χ1v) is 9.19. The quantitative estimate of drug-likeness (QED) is 0.383. The van der Waals surface area contributed by atoms with Crippen molar-refractivity contribution in [1.29, 1.82) is 0 Å². The van der Waals surface area contributed by atoms with Crippen molar-refractivity contribution in [2.45, 2.75) is 6.18 Å². The van der Waals surface area contributed by atoms with Crippen LogP contribution in [-0.2, 0) is 11.0 Å². The van der Waals surface area contributed by atoms with E-state index in [1.165, 1.54) is 24.4 Å². The van der Waals surface area contributed by atoms with Crippen LogP contribution in [0.2, 0.25) is 0 Å². The number of rotatable bonds is 6. The highest BCUT2D eigenvalue weighted by Gasteiger charge is 2.30. The molecule has 0 saturated heterocycles. The van der Waals surface area contributed by atoms with Crippen molar-refractivity contribution in [2.24, 2.45) is 5.10 Å². The summed E-state index contributed by atoms with van der Waals surface area (Å²) in [5.41, 5.74) is 2.66. The third-order valence-electron chi connectivity index (χ3n) is 3.78. The summed E-state index contributed by atoms with van der Waals surface area (Å²) in [6.45, 7) is 0.0204. The molecule has 3 aromatic rings. The smallest absolute Gasteiger partial charge is 0.416 e. The lowest BCUT2D eigenvalue weighted by Gasteiger charge is -2.07. The lowest BCUT2D eigenvalue weighted by molar-refractivity contribution is -0.137. The van der Waals surface area contributed by atoms with E-state index < -0.39 is 11.7 Å². The Labute approximate surface area is 172 Å². The number of halogens is 4. The van der Waals surface area contributed by atoms with Crippen LogP contribution in [0.4, 0.5) is 18.9 Å². The Morgan fingerprint density at radius 1 is 1.10 bits per heavy atom. The number of anilines is 1. The van der Waals surface area contributed by atoms with Gasteiger partial charge in [-0.25, -0.2) is 5.43 Å². The van der Waals surface area contributed by atoms with Gasteiger partial charge in [-0.1, -0.05) is 28.1 Å². The number of hydrogen-bond acceptors (Lipinski definition) is 4. The fraction of sp³-hybridized carbons (Fsp3) is 0.100. The van der Waals surface area contributed by atoms with Gasteiger partial charge in [0.1, 0.15) is 11.5 Å². The zero-order valence-corrected chi connectivity index (χ0v) is 16.4. The topological polar surface area (TPSA) is 66.6 Å². The summed E-state index contributed by atoms with van der Waals surface area (Å²) in [6.07, 6.45) is -3.16. The molecule has 0 spiro atoms. The van der Waals surface area contributed by atoms with Crippen LogP contribution in [0.3, 0.4) is 0 Å². The van der Waals surface area contributed by atoms with Crippen LogP contribution < -0.4 is 10.7 Å². The number of furan rings is 1. The molecule has 3 rings (SSSR count). The zero-order valence-electron chi connectivity index (χ0n) is 14.8. The fourth-order valence-corrected chi connectivity index (χ4v) is 2.65. The largest absolute Gasteiger partial charge is 0.455 e. The van der Waals surface area contributed by atoms with Gasteiger partial charge in [-0.15, -0.1) is 0 Å². The van der Waals surface area contributed by atoms with Crippen molar-refractivity contribution in [3.63, 3.8) is 0 Å². The van der Waals surface area contributed by atoms with Crippen LogP contribution in [-0.4, -0.2) is 18.7 Å². The molecule has 2 aromatic carbocycles. The number of hydrazone groups is 1. The van der Waals surface area contributed by atoms with E-state index >= 15 is 0 Å². The second kappa shape index (κ2) is 8.95. The molecule has 0 aliphatic heterocycles. The standard InChI is InChI=1S/C20H15BrF3N3O2/c21-15-4-6-16(7-5-15)25-12-19(28)27-26-11-17-8-9-18(29-17)13-2-1-3-14(10-13)20(22,23)24/h1-11,25H,12H2,(H,27,28)/b26-11-. The van der Waals surface area contributed by atoms with Gasteiger partial charge in [0, 0.05) is 15.7 Å². The average molecular weight is 466 g/mol. The lowest BCUT2D eigenvalue weighted by atomic mass is 10.1. The molecule has 0 bridgehead atoms. The van der Waals surface area contributed by atoms with E-state index in [9.17, 15) is 18.0 Å². The minimum absolute atomic E-state index is 0.0204. The van der Waals surface area contributed by atoms with Crippen LogP contribution >= 0.6 is 15.9 Å². The molecule has 1 amide bonds. The SMILES string of the molecule is O=C(CNc1ccc(Br)cc1)N/N=C\c1ccc(-c2cccc(C(F)(F)F)c2)o1. The Balaban J connectivity index is 1.55. The molecule has 0 atom stereocenters. The monoisotopic (exact) mass is 465 g/mol. The van der Waals surface area contributed by atoms with Crippen LogP contribution in [0.25, 0.3) is 11.3 Å². The maximum Gasteiger partial charge on any atom is 0.416 e. The summed E-state index contributed by atoms with van der Waals surface area (Å²) in [5.74, 6) is 0.188. The van der Waals surface area contributed by atoms with Gasteiger partial charge in [0.15, 0.2) is 0 Å². The average Bonchev–Trinajstić information content (AvgIpc) is 3.16. The van der Waals surface area contributed by atoms with Crippen LogP contribution in [0, 0.1) is 0 Å². The first kappa shape index (κ1) is 20.7. The highest BCUT2D eigenvalue weighted by molar-refractivity contribution is 9.10. The second-order valence-corrected chi connectivity index (χ2v) is 6.85. The number of nitrogens with one attached hydrogen (secondary N) is 2. The van der Waals surface area contributed by atoms with E-state index in [0.29, 0.717) is 11.3 Å². The van der Waals surface area contributed by atoms with Crippen molar-refractivity contribution < 1.29 is 22.4 Å². The predicted octanol–water partition coefficient (Wildman–Crippen LogP) is 5.29. The molecule has 0 unspecified atom stereocenters. The van der Waals surface area contributed by atoms with Gasteiger partial charge in [0.05, 0.1) is 18.3 Å². The fourth-order valence-electron chi connectivity index (χ4n) is 2.38. The Kier molecular flexibility index (Phi) is 6.38. The van der Waals surface area contributed by atoms with E-state index in [4.69, 9.17) is 4.42 Å². The molecule has 0 aliphatic rings. The summed E-state index contributed by atoms with van der Waals surface area (Å²) < 4.78 is 44.9. The van der Waals surface area contributed by atoms with Crippen LogP contribution in [0.5, 0.6) is 0 Å². The van der Waals surface area contributed by atoms with Crippen LogP contribution in [0.15, 0.2) is 74.7 Å². The van der Waals surface area contributed by atoms with Crippen molar-refractivity contribution >= 4 is 33.7 Å². The third kappa shape index (κ3) is 5.95. The summed E-state index contributed by atoms with van der Waals surface area (Å²) in [4.78, 5) is 11.8. The minimum Gasteiger partial charge on any atom is -0.455 e. The normalized spacial score (nSPS) is 11.6. The molecule has 0 aliphatic carbocycles. The van der Waals surface area contributed by atoms with Crippen LogP contribution in [0.1, 0.15) is 11.3 Å². The van der Waals surface area contributed by atoms with Gasteiger partial charge < -0.3 is 9.73 Å². The molecule has 2 N–H and O–H groups in total. The van der Waals surface area contributed by atoms with Gasteiger partial charge in [0.2, 0.25) is 0 Å². The minimum atomic E-state index is -4.43. The number of benzene rings is 2. The molecule has 1 aromatic heterocycles. The van der Waals surface area contributed by atoms with Crippen molar-refractivity contribution in [3.05, 3.63) is 76.5 Å². The van der Waals surface area contributed by atoms with E-state index in [-0.39, 0.29) is 18.2 Å². The maximum atomic E-state index is 12.8. The predicted molar refractivity (Wildman–Crippen MR) is 108 cm³/mol. The van der Waals surface area contributed by atoms with E-state index in [1.54, 1.807) is 6.07 Å². The molecule has 150 valence electrons. The molecular weight excluding hydrogens is 451 g/mol. The summed E-state index contributed by atoms with van der Waals surface area (Å²) >= 11 is 3.33. The number of hydrogen-bond donors (Lipinski definition) is 2. The van der Waals surface area contributed by atoms with Crippen molar-refractivity contribution in [1.82, 2.24) is 5.43 Å². The Bertz CT molecular complexity index is 1010. The summed E-state index contributed by atoms with van der Waals surface area (Å²) in [5, 5.41) is 6.73. The molecule has 0 saturated carbocycles. The van der Waals surface area contributed by atoms with Crippen molar-refractivity contribution in [3.8, 4) is 11.3 Å². The van der Waals surface area contributed by atoms with Gasteiger partial charge in [-0.05, 0) is 48.5 Å². The molecule has 9 heteroatoms. The summed E-state index contributed by atoms with van der Waals surface area (Å²) in [6, 6.07) is 15.2. The van der Waals surface area contributed by atoms with Gasteiger partial charge >= 0.3 is 6.18 Å². The highest BCUT2D eigenvalue weighted by Crippen LogP contribution is 2.32. The number of carbonyl (C=O) groups is 1. The molecule has 0 radical (unpaired) electrons. The maximum absolute atomic E-state index is 12.8. The van der Waals surface area contributed by atoms with Gasteiger partial charge in [0.25, 0.3) is 5.91 Å². The Morgan fingerprint density at radius 2 is 1.86 bits per heavy atom. The number of nitrogens with zero attached hydrogens (tertiary/aromatic N) is 1. The highest BCUT2D eigenvalue weighted by atomic mass is 79.9. The molecule has 5 nitrogen and oxygen atoms in total. The number of carbonyl (C=O) groups excluding carboxylic acids is 1. The Morgan fingerprint density at radius 3 is 2.59 bits per heavy atom. The third-order valence-corrected chi connectivity index (χ3v) is 4.31. The second-order valence-electron chi connectivity index (χ2n) is 5.93. The molecule has 0 fully saturated rings. The molecule has 29 heavy (non-hydrogen) atoms. The van der Waals surface area contributed by atoms with E-state index in [1.807, 2.05) is 24.3 Å². The number of amides is 1. The number of alkyl halides is 3. The van der Waals surface area contributed by atoms with Gasteiger partial charge in [-0.2, -0.15) is 18.3 Å². The summed E-state index contributed by atoms with van der Waals surface area (Å²) in [7, 11) is 0. The Hall–Kier alpha value is -3.07. The van der Waals surface area contributed by atoms with Gasteiger partial charge in [-0.3, -0.25) is 4.79 Å². The van der Waals surface area contributed by atoms with Crippen molar-refractivity contribution in [2.75, 3.05) is 11.9 Å². The first-order valence-electron chi connectivity index (χ1n) is 8.40. The van der Waals surface area contributed by atoms with E-state index in [2.05, 4.69) is 31.8 Å². The first-order chi connectivity index (χ1) is 13.8. The zero-order chi connectivity index (χ0) is 20.9. The molecular formula is C20H15BrF3N3O2.